The molecule has 0 aliphatic carbocycles. The van der Waals surface area contributed by atoms with E-state index in [1.807, 2.05) is 54.6 Å². The number of fused-ring (bicyclic) bond motifs is 1. The molecular formula is C36H30FNO3S. The van der Waals surface area contributed by atoms with Crippen LogP contribution in [0.2, 0.25) is 0 Å². The van der Waals surface area contributed by atoms with Crippen LogP contribution < -0.4 is 4.72 Å². The van der Waals surface area contributed by atoms with Gasteiger partial charge in [0.25, 0.3) is 0 Å². The van der Waals surface area contributed by atoms with Crippen molar-refractivity contribution < 1.29 is 17.2 Å². The van der Waals surface area contributed by atoms with Crippen molar-refractivity contribution in [1.29, 1.82) is 0 Å². The van der Waals surface area contributed by atoms with Gasteiger partial charge in [-0.1, -0.05) is 115 Å². The minimum absolute atomic E-state index is 0.0105. The lowest BCUT2D eigenvalue weighted by molar-refractivity contribution is 0.324. The topological polar surface area (TPSA) is 59.3 Å². The monoisotopic (exact) mass is 575 g/mol. The number of rotatable bonds is 10. The van der Waals surface area contributed by atoms with Gasteiger partial charge in [0.15, 0.2) is 0 Å². The zero-order valence-electron chi connectivity index (χ0n) is 22.9. The first-order valence-corrected chi connectivity index (χ1v) is 15.4. The highest BCUT2D eigenvalue weighted by Gasteiger charge is 2.18. The summed E-state index contributed by atoms with van der Waals surface area (Å²) in [5.41, 5.74) is 6.58. The number of alkyl halides is 1. The first-order chi connectivity index (χ1) is 20.5. The maximum atomic E-state index is 14.4. The summed E-state index contributed by atoms with van der Waals surface area (Å²) >= 11 is 0. The van der Waals surface area contributed by atoms with Crippen molar-refractivity contribution in [2.75, 3.05) is 6.54 Å². The average Bonchev–Trinajstić information content (AvgIpc) is 3.39. The van der Waals surface area contributed by atoms with Gasteiger partial charge in [0, 0.05) is 23.9 Å². The maximum absolute atomic E-state index is 14.4. The maximum Gasteiger partial charge on any atom is 0.240 e. The highest BCUT2D eigenvalue weighted by molar-refractivity contribution is 7.89. The van der Waals surface area contributed by atoms with Crippen LogP contribution in [0, 0.1) is 0 Å². The average molecular weight is 576 g/mol. The fourth-order valence-electron chi connectivity index (χ4n) is 5.21. The molecule has 0 radical (unpaired) electrons. The van der Waals surface area contributed by atoms with Gasteiger partial charge >= 0.3 is 0 Å². The van der Waals surface area contributed by atoms with Crippen LogP contribution in [0.4, 0.5) is 4.39 Å². The molecule has 0 spiro atoms. The van der Waals surface area contributed by atoms with Gasteiger partial charge < -0.3 is 4.42 Å². The third kappa shape index (κ3) is 6.05. The molecule has 0 amide bonds. The Bertz CT molecular complexity index is 1880. The molecule has 1 aromatic heterocycles. The van der Waals surface area contributed by atoms with Crippen LogP contribution in [0.25, 0.3) is 33.2 Å². The first kappa shape index (κ1) is 27.6. The Labute approximate surface area is 245 Å². The molecule has 6 heteroatoms. The lowest BCUT2D eigenvalue weighted by Gasteiger charge is -2.11. The molecule has 1 heterocycles. The molecule has 4 nitrogen and oxygen atoms in total. The van der Waals surface area contributed by atoms with Crippen LogP contribution in [-0.2, 0) is 16.4 Å². The Hall–Kier alpha value is -4.52. The number of benzene rings is 5. The van der Waals surface area contributed by atoms with E-state index in [9.17, 15) is 12.8 Å². The van der Waals surface area contributed by atoms with Gasteiger partial charge in [-0.15, -0.1) is 0 Å². The zero-order valence-corrected chi connectivity index (χ0v) is 23.7. The van der Waals surface area contributed by atoms with Gasteiger partial charge in [-0.25, -0.2) is 17.5 Å². The number of halogens is 1. The van der Waals surface area contributed by atoms with Crippen molar-refractivity contribution in [3.05, 3.63) is 150 Å². The fraction of sp³-hybridized carbons (Fsp3) is 0.111. The van der Waals surface area contributed by atoms with E-state index in [-0.39, 0.29) is 17.9 Å². The molecule has 1 unspecified atom stereocenters. The van der Waals surface area contributed by atoms with Crippen molar-refractivity contribution in [2.45, 2.75) is 23.9 Å². The van der Waals surface area contributed by atoms with E-state index in [1.54, 1.807) is 48.5 Å². The summed E-state index contributed by atoms with van der Waals surface area (Å²) in [4.78, 5) is 0.147. The van der Waals surface area contributed by atoms with Gasteiger partial charge in [-0.05, 0) is 52.4 Å². The lowest BCUT2D eigenvalue weighted by Crippen LogP contribution is -2.25. The molecule has 0 aliphatic rings. The van der Waals surface area contributed by atoms with E-state index in [0.717, 1.165) is 39.0 Å². The summed E-state index contributed by atoms with van der Waals surface area (Å²) in [5.74, 6) is 0.917. The van der Waals surface area contributed by atoms with Crippen molar-refractivity contribution in [3.63, 3.8) is 0 Å². The standard InChI is InChI=1S/C36H30FNO3S/c37-33(29-11-5-2-6-12-29)23-24-38-42(39,40)31-21-19-28(20-22-31)27-15-17-30(18-16-27)36-32-13-7-8-14-34(32)41-35(36)25-26-9-3-1-4-10-26/h1-22,33,38H,23-25H2. The smallest absolute Gasteiger partial charge is 0.240 e. The molecule has 0 aliphatic heterocycles. The number of sulfonamides is 1. The molecular weight excluding hydrogens is 545 g/mol. The lowest BCUT2D eigenvalue weighted by atomic mass is 9.96. The summed E-state index contributed by atoms with van der Waals surface area (Å²) in [7, 11) is -3.75. The molecule has 210 valence electrons. The third-order valence-electron chi connectivity index (χ3n) is 7.40. The Morgan fingerprint density at radius 1 is 0.667 bits per heavy atom. The van der Waals surface area contributed by atoms with Crippen molar-refractivity contribution >= 4 is 21.0 Å². The molecule has 0 saturated carbocycles. The number of nitrogens with one attached hydrogen (secondary N) is 1. The minimum Gasteiger partial charge on any atom is -0.460 e. The quantitative estimate of drug-likeness (QED) is 0.178. The molecule has 1 N–H and O–H groups in total. The predicted molar refractivity (Wildman–Crippen MR) is 166 cm³/mol. The normalized spacial score (nSPS) is 12.4. The Morgan fingerprint density at radius 2 is 1.24 bits per heavy atom. The van der Waals surface area contributed by atoms with Gasteiger partial charge in [-0.3, -0.25) is 0 Å². The van der Waals surface area contributed by atoms with Crippen molar-refractivity contribution in [2.24, 2.45) is 0 Å². The fourth-order valence-corrected chi connectivity index (χ4v) is 6.25. The van der Waals surface area contributed by atoms with Crippen molar-refractivity contribution in [3.8, 4) is 22.3 Å². The summed E-state index contributed by atoms with van der Waals surface area (Å²) in [6.07, 6.45) is -0.477. The van der Waals surface area contributed by atoms with Gasteiger partial charge in [0.05, 0.1) is 4.90 Å². The van der Waals surface area contributed by atoms with E-state index in [0.29, 0.717) is 12.0 Å². The van der Waals surface area contributed by atoms with E-state index < -0.39 is 16.2 Å². The molecule has 5 aromatic carbocycles. The summed E-state index contributed by atoms with van der Waals surface area (Å²) in [6, 6.07) is 42.1. The minimum atomic E-state index is -3.75. The summed E-state index contributed by atoms with van der Waals surface area (Å²) < 4.78 is 48.8. The third-order valence-corrected chi connectivity index (χ3v) is 8.88. The highest BCUT2D eigenvalue weighted by Crippen LogP contribution is 2.37. The number of furan rings is 1. The Balaban J connectivity index is 1.17. The van der Waals surface area contributed by atoms with E-state index in [4.69, 9.17) is 4.42 Å². The first-order valence-electron chi connectivity index (χ1n) is 13.9. The largest absolute Gasteiger partial charge is 0.460 e. The molecule has 42 heavy (non-hydrogen) atoms. The van der Waals surface area contributed by atoms with Crippen LogP contribution in [-0.4, -0.2) is 15.0 Å². The van der Waals surface area contributed by atoms with Crippen LogP contribution in [0.3, 0.4) is 0 Å². The number of hydrogen-bond acceptors (Lipinski definition) is 3. The van der Waals surface area contributed by atoms with Crippen LogP contribution in [0.1, 0.15) is 29.5 Å². The van der Waals surface area contributed by atoms with E-state index >= 15 is 0 Å². The SMILES string of the molecule is O=S(=O)(NCCC(F)c1ccccc1)c1ccc(-c2ccc(-c3c(Cc4ccccc4)oc4ccccc34)cc2)cc1. The molecule has 1 atom stereocenters. The van der Waals surface area contributed by atoms with E-state index in [2.05, 4.69) is 35.1 Å². The summed E-state index contributed by atoms with van der Waals surface area (Å²) in [5, 5.41) is 1.07. The molecule has 0 saturated heterocycles. The number of hydrogen-bond donors (Lipinski definition) is 1. The molecule has 6 rings (SSSR count). The Kier molecular flexibility index (Phi) is 8.00. The highest BCUT2D eigenvalue weighted by atomic mass is 32.2. The molecule has 0 bridgehead atoms. The van der Waals surface area contributed by atoms with Gasteiger partial charge in [0.2, 0.25) is 10.0 Å². The zero-order chi connectivity index (χ0) is 28.9. The Morgan fingerprint density at radius 3 is 1.93 bits per heavy atom. The van der Waals surface area contributed by atoms with Crippen LogP contribution in [0.5, 0.6) is 0 Å². The van der Waals surface area contributed by atoms with Crippen LogP contribution >= 0.6 is 0 Å². The predicted octanol–water partition coefficient (Wildman–Crippen LogP) is 8.74. The van der Waals surface area contributed by atoms with Gasteiger partial charge in [-0.2, -0.15) is 0 Å². The summed E-state index contributed by atoms with van der Waals surface area (Å²) in [6.45, 7) is 0.0105. The number of para-hydroxylation sites is 1. The van der Waals surface area contributed by atoms with Gasteiger partial charge in [0.1, 0.15) is 17.5 Å². The second-order valence-corrected chi connectivity index (χ2v) is 12.0. The van der Waals surface area contributed by atoms with Crippen molar-refractivity contribution in [1.82, 2.24) is 4.72 Å². The second kappa shape index (κ2) is 12.1. The van der Waals surface area contributed by atoms with Crippen LogP contribution in [0.15, 0.2) is 143 Å². The van der Waals surface area contributed by atoms with E-state index in [1.165, 1.54) is 5.56 Å². The molecule has 6 aromatic rings. The molecule has 0 fully saturated rings. The second-order valence-electron chi connectivity index (χ2n) is 10.2.